The monoisotopic (exact) mass is 245 g/mol. The molecule has 2 atom stereocenters. The molecular formula is C13H24ClNO. The maximum absolute atomic E-state index is 6.34. The van der Waals surface area contributed by atoms with Gasteiger partial charge in [-0.3, -0.25) is 0 Å². The van der Waals surface area contributed by atoms with E-state index in [0.29, 0.717) is 11.3 Å². The van der Waals surface area contributed by atoms with E-state index in [2.05, 4.69) is 5.32 Å². The smallest absolute Gasteiger partial charge is 0.0469 e. The van der Waals surface area contributed by atoms with E-state index >= 15 is 0 Å². The Labute approximate surface area is 104 Å². The summed E-state index contributed by atoms with van der Waals surface area (Å²) in [5.41, 5.74) is 0. The van der Waals surface area contributed by atoms with Crippen LogP contribution in [0.2, 0.25) is 0 Å². The molecule has 0 aromatic heterocycles. The lowest BCUT2D eigenvalue weighted by molar-refractivity contribution is 0.0659. The van der Waals surface area contributed by atoms with Crippen molar-refractivity contribution >= 4 is 11.6 Å². The van der Waals surface area contributed by atoms with Crippen molar-refractivity contribution in [1.82, 2.24) is 5.32 Å². The first-order valence-electron chi connectivity index (χ1n) is 6.79. The van der Waals surface area contributed by atoms with Gasteiger partial charge in [0.15, 0.2) is 0 Å². The van der Waals surface area contributed by atoms with Gasteiger partial charge in [-0.25, -0.2) is 0 Å². The van der Waals surface area contributed by atoms with Crippen molar-refractivity contribution in [3.8, 4) is 0 Å². The highest BCUT2D eigenvalue weighted by Gasteiger charge is 2.23. The Bertz CT molecular complexity index is 194. The van der Waals surface area contributed by atoms with E-state index in [1.54, 1.807) is 0 Å². The van der Waals surface area contributed by atoms with Crippen molar-refractivity contribution in [3.63, 3.8) is 0 Å². The van der Waals surface area contributed by atoms with Gasteiger partial charge in [-0.05, 0) is 50.6 Å². The Hall–Kier alpha value is 0.210. The van der Waals surface area contributed by atoms with Gasteiger partial charge in [-0.1, -0.05) is 12.8 Å². The first-order chi connectivity index (χ1) is 7.86. The molecular weight excluding hydrogens is 222 g/mol. The minimum Gasteiger partial charge on any atom is -0.381 e. The first kappa shape index (κ1) is 12.7. The average Bonchev–Trinajstić information content (AvgIpc) is 2.33. The molecule has 3 heteroatoms. The molecule has 0 radical (unpaired) electrons. The zero-order valence-corrected chi connectivity index (χ0v) is 10.8. The maximum Gasteiger partial charge on any atom is 0.0469 e. The van der Waals surface area contributed by atoms with Gasteiger partial charge in [0.25, 0.3) is 0 Å². The molecule has 2 rings (SSSR count). The van der Waals surface area contributed by atoms with Crippen molar-refractivity contribution in [3.05, 3.63) is 0 Å². The predicted molar refractivity (Wildman–Crippen MR) is 68.0 cm³/mol. The van der Waals surface area contributed by atoms with Crippen molar-refractivity contribution < 1.29 is 4.74 Å². The highest BCUT2D eigenvalue weighted by molar-refractivity contribution is 6.20. The van der Waals surface area contributed by atoms with E-state index in [-0.39, 0.29) is 0 Å². The Balaban J connectivity index is 1.59. The lowest BCUT2D eigenvalue weighted by Gasteiger charge is -2.28. The van der Waals surface area contributed by atoms with Crippen LogP contribution in [0.5, 0.6) is 0 Å². The summed E-state index contributed by atoms with van der Waals surface area (Å²) >= 11 is 6.34. The van der Waals surface area contributed by atoms with Crippen LogP contribution in [-0.2, 0) is 4.74 Å². The number of nitrogens with one attached hydrogen (secondary N) is 1. The highest BCUT2D eigenvalue weighted by atomic mass is 35.5. The minimum absolute atomic E-state index is 0.413. The Kier molecular flexibility index (Phi) is 5.40. The molecule has 94 valence electrons. The number of halogens is 1. The number of ether oxygens (including phenoxy) is 1. The van der Waals surface area contributed by atoms with Crippen LogP contribution in [0.1, 0.15) is 38.5 Å². The summed E-state index contributed by atoms with van der Waals surface area (Å²) < 4.78 is 5.36. The van der Waals surface area contributed by atoms with Crippen molar-refractivity contribution in [2.75, 3.05) is 26.3 Å². The molecule has 2 aliphatic rings. The van der Waals surface area contributed by atoms with Crippen LogP contribution >= 0.6 is 11.6 Å². The molecule has 1 saturated heterocycles. The van der Waals surface area contributed by atoms with Gasteiger partial charge in [-0.15, -0.1) is 11.6 Å². The average molecular weight is 246 g/mol. The summed E-state index contributed by atoms with van der Waals surface area (Å²) in [4.78, 5) is 0. The van der Waals surface area contributed by atoms with Crippen LogP contribution in [0.25, 0.3) is 0 Å². The molecule has 1 aliphatic carbocycles. The normalized spacial score (nSPS) is 32.8. The topological polar surface area (TPSA) is 21.3 Å². The molecule has 0 aromatic rings. The van der Waals surface area contributed by atoms with Crippen molar-refractivity contribution in [2.24, 2.45) is 11.8 Å². The summed E-state index contributed by atoms with van der Waals surface area (Å²) in [7, 11) is 0. The van der Waals surface area contributed by atoms with Gasteiger partial charge in [0.1, 0.15) is 0 Å². The Morgan fingerprint density at radius 2 is 1.75 bits per heavy atom. The molecule has 0 bridgehead atoms. The van der Waals surface area contributed by atoms with Crippen LogP contribution in [0.15, 0.2) is 0 Å². The molecule has 2 nitrogen and oxygen atoms in total. The molecule has 1 aliphatic heterocycles. The summed E-state index contributed by atoms with van der Waals surface area (Å²) in [5, 5.41) is 4.03. The molecule has 1 heterocycles. The van der Waals surface area contributed by atoms with Crippen LogP contribution in [-0.4, -0.2) is 31.7 Å². The van der Waals surface area contributed by atoms with Gasteiger partial charge in [0, 0.05) is 18.6 Å². The standard InChI is InChI=1S/C13H24ClNO/c14-13-4-2-1-3-12(13)10-15-9-11-5-7-16-8-6-11/h11-13,15H,1-10H2. The second-order valence-corrected chi connectivity index (χ2v) is 5.84. The quantitative estimate of drug-likeness (QED) is 0.770. The summed E-state index contributed by atoms with van der Waals surface area (Å²) in [6.07, 6.45) is 7.67. The molecule has 1 N–H and O–H groups in total. The van der Waals surface area contributed by atoms with Gasteiger partial charge < -0.3 is 10.1 Å². The fourth-order valence-corrected chi connectivity index (χ4v) is 3.19. The van der Waals surface area contributed by atoms with Crippen LogP contribution in [0.3, 0.4) is 0 Å². The molecule has 0 spiro atoms. The lowest BCUT2D eigenvalue weighted by atomic mass is 9.88. The van der Waals surface area contributed by atoms with Gasteiger partial charge >= 0.3 is 0 Å². The molecule has 2 fully saturated rings. The summed E-state index contributed by atoms with van der Waals surface area (Å²) in [6, 6.07) is 0. The van der Waals surface area contributed by atoms with Crippen LogP contribution in [0, 0.1) is 11.8 Å². The molecule has 2 unspecified atom stereocenters. The van der Waals surface area contributed by atoms with Gasteiger partial charge in [0.2, 0.25) is 0 Å². The summed E-state index contributed by atoms with van der Waals surface area (Å²) in [5.74, 6) is 1.53. The third kappa shape index (κ3) is 3.90. The molecule has 1 saturated carbocycles. The molecule has 0 aromatic carbocycles. The van der Waals surface area contributed by atoms with E-state index in [1.165, 1.54) is 38.5 Å². The van der Waals surface area contributed by atoms with E-state index in [1.807, 2.05) is 0 Å². The van der Waals surface area contributed by atoms with Crippen LogP contribution in [0.4, 0.5) is 0 Å². The third-order valence-electron chi connectivity index (χ3n) is 4.00. The highest BCUT2D eigenvalue weighted by Crippen LogP contribution is 2.28. The van der Waals surface area contributed by atoms with E-state index < -0.39 is 0 Å². The fourth-order valence-electron chi connectivity index (χ4n) is 2.82. The first-order valence-corrected chi connectivity index (χ1v) is 7.22. The lowest BCUT2D eigenvalue weighted by Crippen LogP contribution is -2.35. The second-order valence-electron chi connectivity index (χ2n) is 5.27. The van der Waals surface area contributed by atoms with Crippen molar-refractivity contribution in [2.45, 2.75) is 43.9 Å². The van der Waals surface area contributed by atoms with E-state index in [0.717, 1.165) is 32.2 Å². The zero-order valence-electron chi connectivity index (χ0n) is 10.1. The number of alkyl halides is 1. The number of hydrogen-bond donors (Lipinski definition) is 1. The molecule has 16 heavy (non-hydrogen) atoms. The molecule has 0 amide bonds. The Morgan fingerprint density at radius 3 is 2.50 bits per heavy atom. The fraction of sp³-hybridized carbons (Fsp3) is 1.00. The van der Waals surface area contributed by atoms with E-state index in [4.69, 9.17) is 16.3 Å². The predicted octanol–water partition coefficient (Wildman–Crippen LogP) is 2.80. The SMILES string of the molecule is ClC1CCCCC1CNCC1CCOCC1. The maximum atomic E-state index is 6.34. The second kappa shape index (κ2) is 6.83. The minimum atomic E-state index is 0.413. The van der Waals surface area contributed by atoms with Gasteiger partial charge in [0.05, 0.1) is 0 Å². The van der Waals surface area contributed by atoms with Crippen molar-refractivity contribution in [1.29, 1.82) is 0 Å². The van der Waals surface area contributed by atoms with E-state index in [9.17, 15) is 0 Å². The number of hydrogen-bond acceptors (Lipinski definition) is 2. The van der Waals surface area contributed by atoms with Gasteiger partial charge in [-0.2, -0.15) is 0 Å². The Morgan fingerprint density at radius 1 is 1.00 bits per heavy atom. The largest absolute Gasteiger partial charge is 0.381 e. The zero-order chi connectivity index (χ0) is 11.2. The third-order valence-corrected chi connectivity index (χ3v) is 4.57. The van der Waals surface area contributed by atoms with Crippen LogP contribution < -0.4 is 5.32 Å². The number of rotatable bonds is 4. The summed E-state index contributed by atoms with van der Waals surface area (Å²) in [6.45, 7) is 4.18.